The van der Waals surface area contributed by atoms with Crippen molar-refractivity contribution in [3.63, 3.8) is 0 Å². The van der Waals surface area contributed by atoms with Gasteiger partial charge in [0.15, 0.2) is 11.6 Å². The number of amidine groups is 1. The Bertz CT molecular complexity index is 1700. The first-order valence-corrected chi connectivity index (χ1v) is 15.1. The van der Waals surface area contributed by atoms with E-state index in [9.17, 15) is 9.18 Å². The Morgan fingerprint density at radius 1 is 1.20 bits per heavy atom. The third kappa shape index (κ3) is 6.97. The number of hydrogen-bond acceptors (Lipinski definition) is 8. The first-order valence-electron chi connectivity index (χ1n) is 15.1. The van der Waals surface area contributed by atoms with Crippen molar-refractivity contribution in [2.24, 2.45) is 16.8 Å². The molecule has 1 fully saturated rings. The number of rotatable bonds is 9. The van der Waals surface area contributed by atoms with Gasteiger partial charge in [0.25, 0.3) is 5.91 Å². The Hall–Kier alpha value is -4.80. The van der Waals surface area contributed by atoms with Crippen LogP contribution >= 0.6 is 0 Å². The highest BCUT2D eigenvalue weighted by molar-refractivity contribution is 6.04. The van der Waals surface area contributed by atoms with E-state index in [1.54, 1.807) is 30.4 Å². The molecule has 2 aliphatic rings. The zero-order chi connectivity index (χ0) is 32.1. The van der Waals surface area contributed by atoms with Crippen LogP contribution in [0.2, 0.25) is 0 Å². The van der Waals surface area contributed by atoms with Crippen molar-refractivity contribution in [3.05, 3.63) is 109 Å². The summed E-state index contributed by atoms with van der Waals surface area (Å²) in [5.74, 6) is 7.21. The van der Waals surface area contributed by atoms with Crippen molar-refractivity contribution in [1.82, 2.24) is 20.2 Å². The number of aromatic nitrogens is 1. The van der Waals surface area contributed by atoms with Crippen LogP contribution in [0.15, 0.2) is 108 Å². The summed E-state index contributed by atoms with van der Waals surface area (Å²) in [6.45, 7) is 13.5. The van der Waals surface area contributed by atoms with Crippen LogP contribution in [-0.2, 0) is 16.1 Å². The number of benzene rings is 2. The number of ether oxygens (including phenoxy) is 1. The smallest absolute Gasteiger partial charge is 0.283 e. The van der Waals surface area contributed by atoms with Crippen LogP contribution in [0.25, 0.3) is 22.0 Å². The molecule has 0 atom stereocenters. The molecule has 1 saturated heterocycles. The molecule has 0 aliphatic carbocycles. The lowest BCUT2D eigenvalue weighted by molar-refractivity contribution is -0.114. The lowest BCUT2D eigenvalue weighted by Gasteiger charge is -2.36. The van der Waals surface area contributed by atoms with Gasteiger partial charge in [-0.1, -0.05) is 63.4 Å². The molecule has 0 bridgehead atoms. The van der Waals surface area contributed by atoms with Crippen LogP contribution in [0.1, 0.15) is 32.3 Å². The van der Waals surface area contributed by atoms with Crippen LogP contribution in [-0.4, -0.2) is 52.9 Å². The molecule has 3 heterocycles. The van der Waals surface area contributed by atoms with E-state index in [0.29, 0.717) is 18.1 Å². The summed E-state index contributed by atoms with van der Waals surface area (Å²) >= 11 is 0. The monoisotopic (exact) mass is 609 g/mol. The number of nitrogens with zero attached hydrogens (tertiary/aromatic N) is 4. The summed E-state index contributed by atoms with van der Waals surface area (Å²) < 4.78 is 18.8. The van der Waals surface area contributed by atoms with E-state index >= 15 is 0 Å². The molecule has 45 heavy (non-hydrogen) atoms. The van der Waals surface area contributed by atoms with Gasteiger partial charge in [-0.2, -0.15) is 0 Å². The average Bonchev–Trinajstić information content (AvgIpc) is 3.05. The van der Waals surface area contributed by atoms with Crippen molar-refractivity contribution in [3.8, 4) is 11.3 Å². The summed E-state index contributed by atoms with van der Waals surface area (Å²) in [5, 5.41) is 9.44. The van der Waals surface area contributed by atoms with Gasteiger partial charge in [-0.15, -0.1) is 0 Å². The van der Waals surface area contributed by atoms with E-state index in [1.807, 2.05) is 42.5 Å². The molecule has 0 unspecified atom stereocenters. The average molecular weight is 610 g/mol. The normalized spacial score (nSPS) is 16.8. The number of fused-ring (bicyclic) bond motifs is 1. The fourth-order valence-electron chi connectivity index (χ4n) is 5.67. The molecule has 9 nitrogen and oxygen atoms in total. The second-order valence-electron chi connectivity index (χ2n) is 11.4. The third-order valence-corrected chi connectivity index (χ3v) is 8.17. The van der Waals surface area contributed by atoms with Gasteiger partial charge in [-0.25, -0.2) is 20.2 Å². The molecule has 4 N–H and O–H groups in total. The van der Waals surface area contributed by atoms with Crippen molar-refractivity contribution in [1.29, 1.82) is 0 Å². The minimum atomic E-state index is -1.04. The number of methoxy groups -OCH3 is 1. The molecule has 1 amide bonds. The van der Waals surface area contributed by atoms with Crippen LogP contribution < -0.4 is 16.5 Å². The van der Waals surface area contributed by atoms with E-state index in [2.05, 4.69) is 48.6 Å². The number of amides is 1. The Morgan fingerprint density at radius 2 is 1.96 bits per heavy atom. The summed E-state index contributed by atoms with van der Waals surface area (Å²) in [6.07, 6.45) is 7.67. The number of allylic oxidation sites excluding steroid dienone is 2. The molecule has 0 spiro atoms. The fourth-order valence-corrected chi connectivity index (χ4v) is 5.67. The van der Waals surface area contributed by atoms with Crippen molar-refractivity contribution >= 4 is 28.2 Å². The number of hydrogen-bond donors (Lipinski definition) is 3. The maximum Gasteiger partial charge on any atom is 0.283 e. The highest BCUT2D eigenvalue weighted by Gasteiger charge is 2.27. The number of halogens is 1. The van der Waals surface area contributed by atoms with Gasteiger partial charge in [0.2, 0.25) is 0 Å². The molecule has 234 valence electrons. The number of anilines is 1. The topological polar surface area (TPSA) is 108 Å². The molecule has 0 radical (unpaired) electrons. The SMILES string of the molecule is C=C/C(=C1/N=C(N2CCC(OC)CC2)C=C(NCc2ccccc2-c2nccc3cc(NC(=O)C(=C)F)ccc23)N1N)C(C)C. The molecule has 3 aromatic rings. The van der Waals surface area contributed by atoms with Gasteiger partial charge in [0.05, 0.1) is 11.8 Å². The highest BCUT2D eigenvalue weighted by Crippen LogP contribution is 2.32. The van der Waals surface area contributed by atoms with Crippen molar-refractivity contribution in [2.75, 3.05) is 25.5 Å². The standard InChI is InChI=1S/C35H40FN7O2/c1-6-28(22(2)3)34-41-32(42-17-14-27(45-5)15-18-42)20-31(43(34)37)39-21-25-9-7-8-10-29(25)33-30-12-11-26(40-35(44)23(4)36)19-24(30)13-16-38-33/h6-13,16,19-20,22,27,39H,1,4,14-15,17-18,21,37H2,2-3,5H3,(H,40,44)/b34-28+. The van der Waals surface area contributed by atoms with Crippen LogP contribution in [0.3, 0.4) is 0 Å². The molecule has 10 heteroatoms. The number of carbonyl (C=O) groups is 1. The minimum Gasteiger partial charge on any atom is -0.381 e. The van der Waals surface area contributed by atoms with Gasteiger partial charge in [0, 0.05) is 55.7 Å². The predicted octanol–water partition coefficient (Wildman–Crippen LogP) is 6.01. The second kappa shape index (κ2) is 13.9. The number of nitrogens with one attached hydrogen (secondary N) is 2. The molecular formula is C35H40FN7O2. The zero-order valence-electron chi connectivity index (χ0n) is 26.0. The van der Waals surface area contributed by atoms with E-state index < -0.39 is 11.7 Å². The van der Waals surface area contributed by atoms with Gasteiger partial charge < -0.3 is 20.3 Å². The Kier molecular flexibility index (Phi) is 9.75. The Labute approximate surface area is 263 Å². The van der Waals surface area contributed by atoms with E-state index in [1.165, 1.54) is 0 Å². The number of piperidine rings is 1. The number of pyridine rings is 1. The largest absolute Gasteiger partial charge is 0.381 e. The van der Waals surface area contributed by atoms with Gasteiger partial charge in [-0.05, 0) is 53.5 Å². The Balaban J connectivity index is 1.45. The number of carbonyl (C=O) groups excluding carboxylic acids is 1. The maximum atomic E-state index is 13.3. The summed E-state index contributed by atoms with van der Waals surface area (Å²) in [5.41, 5.74) is 4.18. The van der Waals surface area contributed by atoms with E-state index in [0.717, 1.165) is 70.8 Å². The fraction of sp³-hybridized carbons (Fsp3) is 0.286. The van der Waals surface area contributed by atoms with Gasteiger partial charge in [0.1, 0.15) is 11.7 Å². The first-order chi connectivity index (χ1) is 21.7. The highest BCUT2D eigenvalue weighted by atomic mass is 19.1. The van der Waals surface area contributed by atoms with Crippen molar-refractivity contribution < 1.29 is 13.9 Å². The van der Waals surface area contributed by atoms with E-state index in [4.69, 9.17) is 20.6 Å². The number of likely N-dealkylation sites (tertiary alicyclic amines) is 1. The van der Waals surface area contributed by atoms with Crippen LogP contribution in [0, 0.1) is 5.92 Å². The summed E-state index contributed by atoms with van der Waals surface area (Å²) in [6, 6.07) is 15.3. The summed E-state index contributed by atoms with van der Waals surface area (Å²) in [4.78, 5) is 23.8. The molecule has 2 aromatic carbocycles. The summed E-state index contributed by atoms with van der Waals surface area (Å²) in [7, 11) is 1.77. The van der Waals surface area contributed by atoms with Crippen molar-refractivity contribution in [2.45, 2.75) is 39.3 Å². The van der Waals surface area contributed by atoms with Crippen LogP contribution in [0.5, 0.6) is 0 Å². The first kappa shape index (κ1) is 31.6. The minimum absolute atomic E-state index is 0.176. The number of hydrazine groups is 1. The zero-order valence-corrected chi connectivity index (χ0v) is 26.0. The predicted molar refractivity (Wildman–Crippen MR) is 178 cm³/mol. The number of aliphatic imine (C=N–C) groups is 1. The molecule has 0 saturated carbocycles. The molecular weight excluding hydrogens is 569 g/mol. The third-order valence-electron chi connectivity index (χ3n) is 8.17. The van der Waals surface area contributed by atoms with Crippen LogP contribution in [0.4, 0.5) is 10.1 Å². The Morgan fingerprint density at radius 3 is 2.64 bits per heavy atom. The molecule has 2 aliphatic heterocycles. The van der Waals surface area contributed by atoms with E-state index in [-0.39, 0.29) is 12.0 Å². The lowest BCUT2D eigenvalue weighted by atomic mass is 9.99. The molecule has 1 aromatic heterocycles. The lowest BCUT2D eigenvalue weighted by Crippen LogP contribution is -2.45. The van der Waals surface area contributed by atoms with Gasteiger partial charge in [-0.3, -0.25) is 9.78 Å². The maximum absolute atomic E-state index is 13.3. The van der Waals surface area contributed by atoms with Gasteiger partial charge >= 0.3 is 0 Å². The second-order valence-corrected chi connectivity index (χ2v) is 11.4. The number of nitrogens with two attached hydrogens (primary N) is 1. The molecule has 5 rings (SSSR count). The quantitative estimate of drug-likeness (QED) is 0.202.